The smallest absolute Gasteiger partial charge is 0.328 e. The van der Waals surface area contributed by atoms with E-state index in [0.717, 1.165) is 22.3 Å². The summed E-state index contributed by atoms with van der Waals surface area (Å²) in [7, 11) is 1.38. The summed E-state index contributed by atoms with van der Waals surface area (Å²) in [6.45, 7) is 7.83. The Balaban J connectivity index is 1.80. The number of aryl methyl sites for hydroxylation is 2. The largest absolute Gasteiger partial charge is 0.493 e. The Kier molecular flexibility index (Phi) is 11.0. The van der Waals surface area contributed by atoms with Gasteiger partial charge in [0.15, 0.2) is 17.2 Å². The Morgan fingerprint density at radius 3 is 2.05 bits per heavy atom. The van der Waals surface area contributed by atoms with Gasteiger partial charge in [0.1, 0.15) is 12.1 Å². The Hall–Kier alpha value is -3.82. The minimum absolute atomic E-state index is 0.0461. The molecule has 0 bridgehead atoms. The van der Waals surface area contributed by atoms with Crippen LogP contribution in [-0.4, -0.2) is 48.9 Å². The number of rotatable bonds is 11. The zero-order chi connectivity index (χ0) is 30.3. The van der Waals surface area contributed by atoms with E-state index in [2.05, 4.69) is 10.3 Å². The van der Waals surface area contributed by atoms with Crippen LogP contribution in [0.5, 0.6) is 11.5 Å². The molecule has 2 aromatic carbocycles. The Labute approximate surface area is 249 Å². The molecule has 0 unspecified atom stereocenters. The van der Waals surface area contributed by atoms with E-state index < -0.39 is 36.8 Å². The molecule has 0 aliphatic rings. The first-order chi connectivity index (χ1) is 19.4. The van der Waals surface area contributed by atoms with Gasteiger partial charge in [-0.1, -0.05) is 47.5 Å². The van der Waals surface area contributed by atoms with Crippen LogP contribution in [0.2, 0.25) is 10.0 Å². The Morgan fingerprint density at radius 1 is 0.951 bits per heavy atom. The second-order valence-corrected chi connectivity index (χ2v) is 10.2. The van der Waals surface area contributed by atoms with Gasteiger partial charge in [-0.25, -0.2) is 9.78 Å². The summed E-state index contributed by atoms with van der Waals surface area (Å²) in [6, 6.07) is 11.8. The number of hydrogen-bond acceptors (Lipinski definition) is 8. The molecule has 0 aliphatic carbocycles. The van der Waals surface area contributed by atoms with Crippen molar-refractivity contribution in [1.29, 1.82) is 0 Å². The van der Waals surface area contributed by atoms with Gasteiger partial charge in [0.2, 0.25) is 6.79 Å². The number of halogens is 2. The van der Waals surface area contributed by atoms with E-state index in [1.807, 2.05) is 50.2 Å². The molecule has 0 saturated heterocycles. The van der Waals surface area contributed by atoms with E-state index >= 15 is 0 Å². The molecule has 3 rings (SSSR count). The van der Waals surface area contributed by atoms with Crippen molar-refractivity contribution in [2.24, 2.45) is 0 Å². The van der Waals surface area contributed by atoms with Crippen molar-refractivity contribution in [2.75, 3.05) is 13.9 Å². The lowest BCUT2D eigenvalue weighted by Gasteiger charge is -2.27. The number of pyridine rings is 1. The number of carbonyl (C=O) groups excluding carboxylic acids is 3. The highest BCUT2D eigenvalue weighted by molar-refractivity contribution is 6.31. The van der Waals surface area contributed by atoms with Gasteiger partial charge in [0.25, 0.3) is 5.91 Å². The monoisotopic (exact) mass is 602 g/mol. The zero-order valence-corrected chi connectivity index (χ0v) is 25.1. The molecule has 0 fully saturated rings. The van der Waals surface area contributed by atoms with Crippen molar-refractivity contribution in [3.63, 3.8) is 0 Å². The molecule has 41 heavy (non-hydrogen) atoms. The van der Waals surface area contributed by atoms with Crippen molar-refractivity contribution in [1.82, 2.24) is 10.3 Å². The highest BCUT2D eigenvalue weighted by Crippen LogP contribution is 2.34. The number of hydrogen-bond donors (Lipinski definition) is 1. The van der Waals surface area contributed by atoms with Crippen LogP contribution < -0.4 is 14.8 Å². The summed E-state index contributed by atoms with van der Waals surface area (Å²) in [5.41, 5.74) is 3.35. The van der Waals surface area contributed by atoms with E-state index in [1.165, 1.54) is 33.2 Å². The summed E-state index contributed by atoms with van der Waals surface area (Å²) in [4.78, 5) is 41.4. The molecule has 0 radical (unpaired) electrons. The summed E-state index contributed by atoms with van der Waals surface area (Å²) >= 11 is 12.9. The zero-order valence-electron chi connectivity index (χ0n) is 23.6. The fourth-order valence-corrected chi connectivity index (χ4v) is 4.46. The van der Waals surface area contributed by atoms with Crippen molar-refractivity contribution in [3.05, 3.63) is 86.7 Å². The normalized spacial score (nSPS) is 12.3. The maximum atomic E-state index is 13.2. The van der Waals surface area contributed by atoms with Gasteiger partial charge in [-0.2, -0.15) is 0 Å². The first kappa shape index (κ1) is 31.7. The van der Waals surface area contributed by atoms with Crippen LogP contribution in [0.4, 0.5) is 0 Å². The van der Waals surface area contributed by atoms with Crippen LogP contribution in [0.15, 0.2) is 48.7 Å². The number of amides is 1. The van der Waals surface area contributed by atoms with Gasteiger partial charge in [0.05, 0.1) is 7.11 Å². The molecule has 0 saturated carbocycles. The maximum absolute atomic E-state index is 13.2. The molecular formula is C30H32Cl2N2O7. The minimum Gasteiger partial charge on any atom is -0.493 e. The Bertz CT molecular complexity index is 1380. The molecule has 1 heterocycles. The lowest BCUT2D eigenvalue weighted by atomic mass is 9.86. The van der Waals surface area contributed by atoms with Crippen molar-refractivity contribution < 1.29 is 33.3 Å². The van der Waals surface area contributed by atoms with Gasteiger partial charge in [0, 0.05) is 35.2 Å². The second-order valence-electron chi connectivity index (χ2n) is 9.42. The topological polar surface area (TPSA) is 113 Å². The first-order valence-corrected chi connectivity index (χ1v) is 13.5. The molecule has 0 spiro atoms. The number of esters is 2. The number of benzene rings is 2. The molecule has 1 amide bonds. The number of methoxy groups -OCH3 is 1. The van der Waals surface area contributed by atoms with Gasteiger partial charge in [-0.05, 0) is 62.1 Å². The average molecular weight is 603 g/mol. The van der Waals surface area contributed by atoms with Crippen molar-refractivity contribution in [2.45, 2.75) is 52.7 Å². The lowest BCUT2D eigenvalue weighted by molar-refractivity contribution is -0.151. The molecule has 2 atom stereocenters. The van der Waals surface area contributed by atoms with Crippen molar-refractivity contribution in [3.8, 4) is 11.5 Å². The third-order valence-corrected chi connectivity index (χ3v) is 7.17. The van der Waals surface area contributed by atoms with Crippen LogP contribution in [0.1, 0.15) is 59.4 Å². The summed E-state index contributed by atoms with van der Waals surface area (Å²) < 4.78 is 21.3. The van der Waals surface area contributed by atoms with Crippen LogP contribution in [-0.2, 0) is 19.1 Å². The number of carbonyl (C=O) groups is 3. The van der Waals surface area contributed by atoms with Gasteiger partial charge in [-0.15, -0.1) is 0 Å². The molecule has 0 aliphatic heterocycles. The van der Waals surface area contributed by atoms with E-state index in [0.29, 0.717) is 10.0 Å². The van der Waals surface area contributed by atoms with Crippen LogP contribution in [0, 0.1) is 13.8 Å². The van der Waals surface area contributed by atoms with E-state index in [9.17, 15) is 14.4 Å². The van der Waals surface area contributed by atoms with Crippen LogP contribution in [0.25, 0.3) is 0 Å². The fraction of sp³-hybridized carbons (Fsp3) is 0.333. The van der Waals surface area contributed by atoms with Crippen molar-refractivity contribution >= 4 is 41.0 Å². The Morgan fingerprint density at radius 2 is 1.54 bits per heavy atom. The lowest BCUT2D eigenvalue weighted by Crippen LogP contribution is -2.41. The third-order valence-electron chi connectivity index (χ3n) is 6.35. The van der Waals surface area contributed by atoms with E-state index in [-0.39, 0.29) is 23.1 Å². The predicted octanol–water partition coefficient (Wildman–Crippen LogP) is 5.80. The SMILES string of the molecule is COc1ccnc(C(=O)N[C@@H](C)C(=O)O[C@@H](C)C(c2ccc(C)c(Cl)c2)c2ccc(C)c(Cl)c2)c1OCOC(C)=O. The standard InChI is InChI=1S/C30H32Cl2N2O7/c1-16-7-9-21(13-23(16)31)26(22-10-8-17(2)24(32)14-22)19(4)41-30(37)18(3)34-29(36)27-28(40-15-39-20(5)35)25(38-6)11-12-33-27/h7-14,18-19,26H,15H2,1-6H3,(H,34,36)/t18-,19-/m0/s1. The molecule has 9 nitrogen and oxygen atoms in total. The third kappa shape index (κ3) is 8.11. The molecule has 1 aromatic heterocycles. The van der Waals surface area contributed by atoms with Gasteiger partial charge < -0.3 is 24.3 Å². The van der Waals surface area contributed by atoms with E-state index in [1.54, 1.807) is 6.92 Å². The second kappa shape index (κ2) is 14.2. The quantitative estimate of drug-likeness (QED) is 0.216. The first-order valence-electron chi connectivity index (χ1n) is 12.8. The number of ether oxygens (including phenoxy) is 4. The number of nitrogens with one attached hydrogen (secondary N) is 1. The number of nitrogens with zero attached hydrogens (tertiary/aromatic N) is 1. The number of aromatic nitrogens is 1. The molecule has 3 aromatic rings. The molecule has 218 valence electrons. The highest BCUT2D eigenvalue weighted by atomic mass is 35.5. The van der Waals surface area contributed by atoms with Crippen LogP contribution in [0.3, 0.4) is 0 Å². The molecular weight excluding hydrogens is 571 g/mol. The highest BCUT2D eigenvalue weighted by Gasteiger charge is 2.29. The summed E-state index contributed by atoms with van der Waals surface area (Å²) in [5, 5.41) is 3.75. The predicted molar refractivity (Wildman–Crippen MR) is 155 cm³/mol. The van der Waals surface area contributed by atoms with Gasteiger partial charge >= 0.3 is 11.9 Å². The van der Waals surface area contributed by atoms with Crippen LogP contribution >= 0.6 is 23.2 Å². The summed E-state index contributed by atoms with van der Waals surface area (Å²) in [6.07, 6.45) is 0.693. The minimum atomic E-state index is -1.05. The van der Waals surface area contributed by atoms with E-state index in [4.69, 9.17) is 42.1 Å². The molecule has 1 N–H and O–H groups in total. The average Bonchev–Trinajstić information content (AvgIpc) is 2.92. The fourth-order valence-electron chi connectivity index (χ4n) is 4.08. The molecule has 11 heteroatoms. The summed E-state index contributed by atoms with van der Waals surface area (Å²) in [5.74, 6) is -2.20. The maximum Gasteiger partial charge on any atom is 0.328 e. The van der Waals surface area contributed by atoms with Gasteiger partial charge in [-0.3, -0.25) is 9.59 Å².